The van der Waals surface area contributed by atoms with Gasteiger partial charge in [0.05, 0.1) is 17.1 Å². The van der Waals surface area contributed by atoms with E-state index in [-0.39, 0.29) is 11.4 Å². The zero-order valence-corrected chi connectivity index (χ0v) is 17.1. The summed E-state index contributed by atoms with van der Waals surface area (Å²) in [6, 6.07) is 22.0. The number of hydrogen-bond donors (Lipinski definition) is 0. The Morgan fingerprint density at radius 3 is 2.15 bits per heavy atom. The second kappa shape index (κ2) is 7.64. The van der Waals surface area contributed by atoms with Crippen LogP contribution in [0.1, 0.15) is 16.7 Å². The Hall–Kier alpha value is -2.11. The highest BCUT2D eigenvalue weighted by Gasteiger charge is 2.26. The third-order valence-corrected chi connectivity index (χ3v) is 6.72. The Kier molecular flexibility index (Phi) is 5.49. The molecule has 3 nitrogen and oxygen atoms in total. The smallest absolute Gasteiger partial charge is 0.262 e. The molecule has 0 heterocycles. The molecule has 3 rings (SSSR count). The molecule has 0 saturated carbocycles. The van der Waals surface area contributed by atoms with Gasteiger partial charge in [0.15, 0.2) is 0 Å². The van der Waals surface area contributed by atoms with E-state index in [1.54, 1.807) is 24.3 Å². The van der Waals surface area contributed by atoms with Gasteiger partial charge < -0.3 is 0 Å². The van der Waals surface area contributed by atoms with Crippen molar-refractivity contribution in [1.29, 1.82) is 0 Å². The fraction of sp³-hybridized carbons (Fsp3) is 0.143. The van der Waals surface area contributed by atoms with Gasteiger partial charge in [-0.1, -0.05) is 58.4 Å². The van der Waals surface area contributed by atoms with Gasteiger partial charge in [-0.25, -0.2) is 8.42 Å². The quantitative estimate of drug-likeness (QED) is 0.539. The molecule has 3 aromatic rings. The molecule has 0 atom stereocenters. The number of nitrogens with zero attached hydrogens (tertiary/aromatic N) is 1. The zero-order valence-electron chi connectivity index (χ0n) is 14.7. The van der Waals surface area contributed by atoms with Gasteiger partial charge in [0, 0.05) is 4.47 Å². The lowest BCUT2D eigenvalue weighted by atomic mass is 10.1. The van der Waals surface area contributed by atoms with E-state index in [1.165, 1.54) is 4.31 Å². The van der Waals surface area contributed by atoms with Crippen molar-refractivity contribution >= 4 is 31.6 Å². The summed E-state index contributed by atoms with van der Waals surface area (Å²) in [6.45, 7) is 4.22. The average Bonchev–Trinajstić information content (AvgIpc) is 2.64. The summed E-state index contributed by atoms with van der Waals surface area (Å²) in [5.74, 6) is 0. The number of benzene rings is 3. The topological polar surface area (TPSA) is 37.4 Å². The summed E-state index contributed by atoms with van der Waals surface area (Å²) in [7, 11) is -3.68. The summed E-state index contributed by atoms with van der Waals surface area (Å²) in [5, 5.41) is 0. The lowest BCUT2D eigenvalue weighted by Crippen LogP contribution is -2.31. The van der Waals surface area contributed by atoms with Crippen LogP contribution in [0.15, 0.2) is 82.2 Å². The van der Waals surface area contributed by atoms with Crippen molar-refractivity contribution in [2.75, 3.05) is 4.31 Å². The number of hydrogen-bond acceptors (Lipinski definition) is 2. The Balaban J connectivity index is 2.13. The van der Waals surface area contributed by atoms with E-state index in [2.05, 4.69) is 15.9 Å². The van der Waals surface area contributed by atoms with Crippen LogP contribution in [0, 0.1) is 13.8 Å². The monoisotopic (exact) mass is 429 g/mol. The van der Waals surface area contributed by atoms with Crippen LogP contribution in [-0.4, -0.2) is 8.42 Å². The second-order valence-corrected chi connectivity index (χ2v) is 8.95. The van der Waals surface area contributed by atoms with Crippen molar-refractivity contribution in [1.82, 2.24) is 0 Å². The number of sulfonamides is 1. The molecule has 0 N–H and O–H groups in total. The lowest BCUT2D eigenvalue weighted by molar-refractivity contribution is 0.590. The van der Waals surface area contributed by atoms with Crippen molar-refractivity contribution in [3.05, 3.63) is 94.0 Å². The van der Waals surface area contributed by atoms with E-state index in [1.807, 2.05) is 62.4 Å². The van der Waals surface area contributed by atoms with Gasteiger partial charge in [-0.2, -0.15) is 0 Å². The molecule has 0 aliphatic rings. The summed E-state index contributed by atoms with van der Waals surface area (Å²) in [6.07, 6.45) is 0. The van der Waals surface area contributed by atoms with Crippen LogP contribution in [0.25, 0.3) is 0 Å². The number of anilines is 1. The lowest BCUT2D eigenvalue weighted by Gasteiger charge is -2.27. The van der Waals surface area contributed by atoms with Crippen molar-refractivity contribution in [3.8, 4) is 0 Å². The van der Waals surface area contributed by atoms with Gasteiger partial charge in [-0.05, 0) is 60.9 Å². The zero-order chi connectivity index (χ0) is 18.7. The van der Waals surface area contributed by atoms with Crippen LogP contribution in [-0.2, 0) is 16.6 Å². The Morgan fingerprint density at radius 2 is 1.50 bits per heavy atom. The summed E-state index contributed by atoms with van der Waals surface area (Å²) >= 11 is 3.42. The van der Waals surface area contributed by atoms with Gasteiger partial charge in [0.1, 0.15) is 0 Å². The molecule has 5 heteroatoms. The van der Waals surface area contributed by atoms with Gasteiger partial charge >= 0.3 is 0 Å². The molecule has 0 aromatic heterocycles. The van der Waals surface area contributed by atoms with E-state index in [9.17, 15) is 8.42 Å². The number of rotatable bonds is 5. The maximum atomic E-state index is 13.4. The van der Waals surface area contributed by atoms with Crippen molar-refractivity contribution in [3.63, 3.8) is 0 Å². The SMILES string of the molecule is Cc1cccc(N(Cc2ccc(Br)cc2)S(=O)(=O)c2ccccc2)c1C. The molecule has 134 valence electrons. The van der Waals surface area contributed by atoms with E-state index in [4.69, 9.17) is 0 Å². The average molecular weight is 430 g/mol. The largest absolute Gasteiger partial charge is 0.264 e. The van der Waals surface area contributed by atoms with Gasteiger partial charge in [-0.3, -0.25) is 4.31 Å². The van der Waals surface area contributed by atoms with E-state index in [0.717, 1.165) is 21.2 Å². The van der Waals surface area contributed by atoms with E-state index >= 15 is 0 Å². The molecule has 0 unspecified atom stereocenters. The van der Waals surface area contributed by atoms with Crippen LogP contribution in [0.2, 0.25) is 0 Å². The third-order valence-electron chi connectivity index (χ3n) is 4.42. The third kappa shape index (κ3) is 3.84. The van der Waals surface area contributed by atoms with Crippen molar-refractivity contribution in [2.24, 2.45) is 0 Å². The molecule has 0 spiro atoms. The highest BCUT2D eigenvalue weighted by molar-refractivity contribution is 9.10. The minimum Gasteiger partial charge on any atom is -0.262 e. The number of aryl methyl sites for hydroxylation is 1. The van der Waals surface area contributed by atoms with Crippen LogP contribution >= 0.6 is 15.9 Å². The summed E-state index contributed by atoms with van der Waals surface area (Å²) < 4.78 is 29.2. The second-order valence-electron chi connectivity index (χ2n) is 6.17. The molecule has 0 bridgehead atoms. The maximum Gasteiger partial charge on any atom is 0.264 e. The molecule has 0 radical (unpaired) electrons. The Bertz CT molecular complexity index is 1000. The molecule has 0 saturated heterocycles. The number of halogens is 1. The molecular formula is C21H20BrNO2S. The fourth-order valence-corrected chi connectivity index (χ4v) is 4.58. The van der Waals surface area contributed by atoms with Crippen LogP contribution < -0.4 is 4.31 Å². The van der Waals surface area contributed by atoms with Crippen LogP contribution in [0.3, 0.4) is 0 Å². The van der Waals surface area contributed by atoms with Gasteiger partial charge in [0.2, 0.25) is 0 Å². The molecule has 0 fully saturated rings. The fourth-order valence-electron chi connectivity index (χ4n) is 2.78. The molecule has 0 aliphatic heterocycles. The predicted octanol–water partition coefficient (Wildman–Crippen LogP) is 5.46. The Labute approximate surface area is 163 Å². The van der Waals surface area contributed by atoms with Crippen LogP contribution in [0.5, 0.6) is 0 Å². The first-order chi connectivity index (χ1) is 12.4. The first-order valence-corrected chi connectivity index (χ1v) is 10.5. The minimum absolute atomic E-state index is 0.273. The standard InChI is InChI=1S/C21H20BrNO2S/c1-16-7-6-10-21(17(16)2)23(15-18-11-13-19(22)14-12-18)26(24,25)20-8-4-3-5-9-20/h3-14H,15H2,1-2H3. The van der Waals surface area contributed by atoms with Gasteiger partial charge in [-0.15, -0.1) is 0 Å². The predicted molar refractivity (Wildman–Crippen MR) is 110 cm³/mol. The maximum absolute atomic E-state index is 13.4. The normalized spacial score (nSPS) is 11.3. The molecule has 26 heavy (non-hydrogen) atoms. The van der Waals surface area contributed by atoms with E-state index < -0.39 is 10.0 Å². The molecular weight excluding hydrogens is 410 g/mol. The molecule has 0 aliphatic carbocycles. The minimum atomic E-state index is -3.68. The Morgan fingerprint density at radius 1 is 0.846 bits per heavy atom. The molecule has 3 aromatic carbocycles. The van der Waals surface area contributed by atoms with Gasteiger partial charge in [0.25, 0.3) is 10.0 Å². The highest BCUT2D eigenvalue weighted by Crippen LogP contribution is 2.30. The first kappa shape index (κ1) is 18.7. The molecule has 0 amide bonds. The van der Waals surface area contributed by atoms with Crippen LogP contribution in [0.4, 0.5) is 5.69 Å². The summed E-state index contributed by atoms with van der Waals surface area (Å²) in [5.41, 5.74) is 3.65. The van der Waals surface area contributed by atoms with E-state index in [0.29, 0.717) is 5.69 Å². The summed E-state index contributed by atoms with van der Waals surface area (Å²) in [4.78, 5) is 0.290. The van der Waals surface area contributed by atoms with Crippen molar-refractivity contribution < 1.29 is 8.42 Å². The first-order valence-electron chi connectivity index (χ1n) is 8.28. The van der Waals surface area contributed by atoms with Crippen molar-refractivity contribution in [2.45, 2.75) is 25.3 Å². The highest BCUT2D eigenvalue weighted by atomic mass is 79.9.